The number of thiophene rings is 1. The zero-order valence-corrected chi connectivity index (χ0v) is 12.0. The van der Waals surface area contributed by atoms with Gasteiger partial charge >= 0.3 is 0 Å². The van der Waals surface area contributed by atoms with Crippen molar-refractivity contribution in [3.05, 3.63) is 51.7 Å². The van der Waals surface area contributed by atoms with Gasteiger partial charge in [-0.15, -0.1) is 11.3 Å². The molecule has 1 aromatic carbocycles. The molecule has 0 radical (unpaired) electrons. The molecule has 0 saturated carbocycles. The molecule has 1 aromatic heterocycles. The Morgan fingerprint density at radius 2 is 2.32 bits per heavy atom. The maximum atomic E-state index is 5.86. The predicted octanol–water partition coefficient (Wildman–Crippen LogP) is 3.58. The standard InChI is InChI=1S/C16H19NOS/c1-17-16-7-4-12-11-13(5-6-15(12)16)18-9-8-14-3-2-10-19-14/h2-3,5-6,10-11,16-17H,4,7-9H2,1H3. The van der Waals surface area contributed by atoms with Gasteiger partial charge in [0, 0.05) is 17.3 Å². The third-order valence-corrected chi connectivity index (χ3v) is 4.67. The molecule has 0 fully saturated rings. The highest BCUT2D eigenvalue weighted by atomic mass is 32.1. The van der Waals surface area contributed by atoms with E-state index in [-0.39, 0.29) is 0 Å². The first kappa shape index (κ1) is 12.7. The number of fused-ring (bicyclic) bond motifs is 1. The fraction of sp³-hybridized carbons (Fsp3) is 0.375. The van der Waals surface area contributed by atoms with Crippen LogP contribution in [0, 0.1) is 0 Å². The Bertz CT molecular complexity index is 536. The van der Waals surface area contributed by atoms with E-state index in [0.717, 1.165) is 25.2 Å². The van der Waals surface area contributed by atoms with Crippen LogP contribution in [0.4, 0.5) is 0 Å². The highest BCUT2D eigenvalue weighted by Crippen LogP contribution is 2.33. The van der Waals surface area contributed by atoms with Crippen molar-refractivity contribution < 1.29 is 4.74 Å². The van der Waals surface area contributed by atoms with Gasteiger partial charge in [-0.3, -0.25) is 0 Å². The molecule has 0 saturated heterocycles. The fourth-order valence-corrected chi connectivity index (χ4v) is 3.40. The molecule has 1 aliphatic carbocycles. The second kappa shape index (κ2) is 5.76. The van der Waals surface area contributed by atoms with E-state index in [2.05, 4.69) is 41.0 Å². The number of benzene rings is 1. The van der Waals surface area contributed by atoms with Gasteiger partial charge in [0.05, 0.1) is 6.61 Å². The molecule has 0 aliphatic heterocycles. The monoisotopic (exact) mass is 273 g/mol. The molecule has 3 heteroatoms. The number of hydrogen-bond acceptors (Lipinski definition) is 3. The van der Waals surface area contributed by atoms with E-state index < -0.39 is 0 Å². The van der Waals surface area contributed by atoms with Crippen LogP contribution in [0.5, 0.6) is 5.75 Å². The first-order valence-corrected chi connectivity index (χ1v) is 7.70. The molecule has 2 nitrogen and oxygen atoms in total. The first-order chi connectivity index (χ1) is 9.36. The van der Waals surface area contributed by atoms with Crippen LogP contribution < -0.4 is 10.1 Å². The Kier molecular flexibility index (Phi) is 3.85. The molecule has 1 atom stereocenters. The Morgan fingerprint density at radius 1 is 1.37 bits per heavy atom. The molecule has 100 valence electrons. The van der Waals surface area contributed by atoms with Crippen LogP contribution >= 0.6 is 11.3 Å². The summed E-state index contributed by atoms with van der Waals surface area (Å²) in [5.74, 6) is 1.01. The Hall–Kier alpha value is -1.32. The topological polar surface area (TPSA) is 21.3 Å². The number of hydrogen-bond donors (Lipinski definition) is 1. The van der Waals surface area contributed by atoms with Crippen molar-refractivity contribution in [3.8, 4) is 5.75 Å². The first-order valence-electron chi connectivity index (χ1n) is 6.82. The molecular formula is C16H19NOS. The van der Waals surface area contributed by atoms with E-state index in [1.54, 1.807) is 11.3 Å². The fourth-order valence-electron chi connectivity index (χ4n) is 2.71. The van der Waals surface area contributed by atoms with Crippen LogP contribution in [0.3, 0.4) is 0 Å². The van der Waals surface area contributed by atoms with Crippen molar-refractivity contribution in [3.63, 3.8) is 0 Å². The van der Waals surface area contributed by atoms with Crippen LogP contribution in [0.25, 0.3) is 0 Å². The zero-order chi connectivity index (χ0) is 13.1. The van der Waals surface area contributed by atoms with Gasteiger partial charge in [0.2, 0.25) is 0 Å². The summed E-state index contributed by atoms with van der Waals surface area (Å²) in [6.45, 7) is 0.759. The summed E-state index contributed by atoms with van der Waals surface area (Å²) in [5.41, 5.74) is 2.88. The lowest BCUT2D eigenvalue weighted by Crippen LogP contribution is -2.12. The SMILES string of the molecule is CNC1CCc2cc(OCCc3cccs3)ccc21. The summed E-state index contributed by atoms with van der Waals surface area (Å²) in [6, 6.07) is 11.3. The lowest BCUT2D eigenvalue weighted by molar-refractivity contribution is 0.322. The molecular weight excluding hydrogens is 254 g/mol. The number of ether oxygens (including phenoxy) is 1. The third-order valence-electron chi connectivity index (χ3n) is 3.74. The molecule has 3 rings (SSSR count). The summed E-state index contributed by atoms with van der Waals surface area (Å²) in [6.07, 6.45) is 3.35. The van der Waals surface area contributed by atoms with Crippen molar-refractivity contribution in [2.45, 2.75) is 25.3 Å². The van der Waals surface area contributed by atoms with Gasteiger partial charge in [0.15, 0.2) is 0 Å². The van der Waals surface area contributed by atoms with Crippen molar-refractivity contribution in [1.82, 2.24) is 5.32 Å². The minimum Gasteiger partial charge on any atom is -0.493 e. The van der Waals surface area contributed by atoms with Crippen LogP contribution in [-0.4, -0.2) is 13.7 Å². The lowest BCUT2D eigenvalue weighted by atomic mass is 10.1. The summed E-state index contributed by atoms with van der Waals surface area (Å²) in [4.78, 5) is 1.39. The van der Waals surface area contributed by atoms with E-state index in [1.165, 1.54) is 22.4 Å². The van der Waals surface area contributed by atoms with Gasteiger partial charge < -0.3 is 10.1 Å². The zero-order valence-electron chi connectivity index (χ0n) is 11.2. The number of rotatable bonds is 5. The predicted molar refractivity (Wildman–Crippen MR) is 80.1 cm³/mol. The normalized spacial score (nSPS) is 17.4. The van der Waals surface area contributed by atoms with E-state index >= 15 is 0 Å². The summed E-state index contributed by atoms with van der Waals surface area (Å²) in [7, 11) is 2.03. The summed E-state index contributed by atoms with van der Waals surface area (Å²) in [5, 5.41) is 5.48. The maximum absolute atomic E-state index is 5.86. The molecule has 0 spiro atoms. The average molecular weight is 273 g/mol. The van der Waals surface area contributed by atoms with Gasteiger partial charge in [-0.05, 0) is 54.6 Å². The summed E-state index contributed by atoms with van der Waals surface area (Å²) >= 11 is 1.79. The van der Waals surface area contributed by atoms with Crippen LogP contribution in [-0.2, 0) is 12.8 Å². The molecule has 0 bridgehead atoms. The Balaban J connectivity index is 1.60. The number of aryl methyl sites for hydroxylation is 1. The van der Waals surface area contributed by atoms with Gasteiger partial charge in [-0.25, -0.2) is 0 Å². The van der Waals surface area contributed by atoms with Gasteiger partial charge in [0.1, 0.15) is 5.75 Å². The smallest absolute Gasteiger partial charge is 0.119 e. The Labute approximate surface area is 118 Å². The van der Waals surface area contributed by atoms with Crippen molar-refractivity contribution >= 4 is 11.3 Å². The Morgan fingerprint density at radius 3 is 3.11 bits per heavy atom. The van der Waals surface area contributed by atoms with Gasteiger partial charge in [-0.1, -0.05) is 12.1 Å². The van der Waals surface area contributed by atoms with E-state index in [4.69, 9.17) is 4.74 Å². The quantitative estimate of drug-likeness (QED) is 0.899. The average Bonchev–Trinajstić information content (AvgIpc) is 3.07. The van der Waals surface area contributed by atoms with Gasteiger partial charge in [0.25, 0.3) is 0 Å². The maximum Gasteiger partial charge on any atom is 0.119 e. The molecule has 1 heterocycles. The summed E-state index contributed by atoms with van der Waals surface area (Å²) < 4.78 is 5.86. The van der Waals surface area contributed by atoms with Crippen LogP contribution in [0.2, 0.25) is 0 Å². The minimum atomic E-state index is 0.523. The van der Waals surface area contributed by atoms with Crippen LogP contribution in [0.15, 0.2) is 35.7 Å². The number of nitrogens with one attached hydrogen (secondary N) is 1. The van der Waals surface area contributed by atoms with Gasteiger partial charge in [-0.2, -0.15) is 0 Å². The lowest BCUT2D eigenvalue weighted by Gasteiger charge is -2.11. The molecule has 1 N–H and O–H groups in total. The van der Waals surface area contributed by atoms with Crippen molar-refractivity contribution in [1.29, 1.82) is 0 Å². The van der Waals surface area contributed by atoms with E-state index in [0.29, 0.717) is 6.04 Å². The van der Waals surface area contributed by atoms with Crippen LogP contribution in [0.1, 0.15) is 28.5 Å². The van der Waals surface area contributed by atoms with E-state index in [9.17, 15) is 0 Å². The van der Waals surface area contributed by atoms with Crippen molar-refractivity contribution in [2.24, 2.45) is 0 Å². The molecule has 2 aromatic rings. The largest absolute Gasteiger partial charge is 0.493 e. The molecule has 1 unspecified atom stereocenters. The highest BCUT2D eigenvalue weighted by Gasteiger charge is 2.20. The second-order valence-electron chi connectivity index (χ2n) is 4.92. The highest BCUT2D eigenvalue weighted by molar-refractivity contribution is 7.09. The molecule has 1 aliphatic rings. The van der Waals surface area contributed by atoms with Crippen molar-refractivity contribution in [2.75, 3.05) is 13.7 Å². The third kappa shape index (κ3) is 2.82. The molecule has 0 amide bonds. The minimum absolute atomic E-state index is 0.523. The second-order valence-corrected chi connectivity index (χ2v) is 5.95. The van der Waals surface area contributed by atoms with E-state index in [1.807, 2.05) is 7.05 Å². The molecule has 19 heavy (non-hydrogen) atoms.